The van der Waals surface area contributed by atoms with E-state index in [1.165, 1.54) is 0 Å². The normalized spacial score (nSPS) is 22.7. The number of sulfonamides is 1. The average Bonchev–Trinajstić information content (AvgIpc) is 3.84. The summed E-state index contributed by atoms with van der Waals surface area (Å²) in [6, 6.07) is 21.0. The van der Waals surface area contributed by atoms with E-state index in [2.05, 4.69) is 4.72 Å². The minimum absolute atomic E-state index is 0.0202. The summed E-state index contributed by atoms with van der Waals surface area (Å²) in [5, 5.41) is 11.0. The third-order valence-electron chi connectivity index (χ3n) is 8.96. The molecule has 1 heterocycles. The number of aliphatic carboxylic acids is 1. The van der Waals surface area contributed by atoms with E-state index in [4.69, 9.17) is 27.9 Å². The molecule has 11 heteroatoms. The maximum absolute atomic E-state index is 14.6. The third-order valence-corrected chi connectivity index (χ3v) is 10.8. The van der Waals surface area contributed by atoms with Gasteiger partial charge in [-0.05, 0) is 84.7 Å². The van der Waals surface area contributed by atoms with Crippen molar-refractivity contribution in [2.75, 3.05) is 19.4 Å². The van der Waals surface area contributed by atoms with Crippen LogP contribution in [0.5, 0.6) is 5.75 Å². The molecule has 0 spiro atoms. The molecule has 1 unspecified atom stereocenters. The number of aryl methyl sites for hydroxylation is 1. The molecule has 4 atom stereocenters. The number of amides is 1. The van der Waals surface area contributed by atoms with Crippen molar-refractivity contribution in [3.8, 4) is 5.75 Å². The molecule has 2 fully saturated rings. The number of nitrogens with one attached hydrogen (secondary N) is 1. The molecule has 1 saturated carbocycles. The molecule has 3 aromatic rings. The molecule has 0 aromatic heterocycles. The van der Waals surface area contributed by atoms with E-state index in [9.17, 15) is 23.1 Å². The summed E-state index contributed by atoms with van der Waals surface area (Å²) >= 11 is 12.7. The lowest BCUT2D eigenvalue weighted by atomic mass is 9.67. The lowest BCUT2D eigenvalue weighted by molar-refractivity contribution is -0.161. The maximum atomic E-state index is 14.6. The van der Waals surface area contributed by atoms with E-state index in [1.54, 1.807) is 43.2 Å². The van der Waals surface area contributed by atoms with Crippen molar-refractivity contribution in [3.05, 3.63) is 99.5 Å². The van der Waals surface area contributed by atoms with Gasteiger partial charge in [0.05, 0.1) is 30.7 Å². The van der Waals surface area contributed by atoms with Crippen molar-refractivity contribution >= 4 is 45.1 Å². The van der Waals surface area contributed by atoms with Gasteiger partial charge in [-0.25, -0.2) is 13.1 Å². The number of nitrogens with zero attached hydrogens (tertiary/aromatic N) is 1. The Bertz CT molecular complexity index is 1650. The zero-order chi connectivity index (χ0) is 32.4. The van der Waals surface area contributed by atoms with Crippen LogP contribution < -0.4 is 9.46 Å². The van der Waals surface area contributed by atoms with Gasteiger partial charge in [-0.2, -0.15) is 0 Å². The summed E-state index contributed by atoms with van der Waals surface area (Å²) in [7, 11) is -2.16. The number of carbonyl (C=O) groups is 2. The Labute approximate surface area is 274 Å². The number of methoxy groups -OCH3 is 1. The minimum Gasteiger partial charge on any atom is -0.497 e. The number of hydrogen-bond donors (Lipinski definition) is 2. The Kier molecular flexibility index (Phi) is 10.1. The predicted octanol–water partition coefficient (Wildman–Crippen LogP) is 6.48. The van der Waals surface area contributed by atoms with Crippen molar-refractivity contribution < 1.29 is 27.9 Å². The first-order valence-corrected chi connectivity index (χ1v) is 17.5. The number of rotatable bonds is 13. The first-order chi connectivity index (χ1) is 21.4. The largest absolute Gasteiger partial charge is 0.497 e. The van der Waals surface area contributed by atoms with Crippen LogP contribution >= 0.6 is 23.2 Å². The van der Waals surface area contributed by atoms with Gasteiger partial charge in [0.25, 0.3) is 0 Å². The van der Waals surface area contributed by atoms with Crippen LogP contribution in [0.15, 0.2) is 72.8 Å². The zero-order valence-corrected chi connectivity index (χ0v) is 27.6. The van der Waals surface area contributed by atoms with Gasteiger partial charge in [-0.15, -0.1) is 0 Å². The molecule has 5 rings (SSSR count). The summed E-state index contributed by atoms with van der Waals surface area (Å²) in [5.74, 6) is -1.08. The standard InChI is InChI=1S/C34H38Cl2N2O6S/c1-34(20-31(39)40)19-29(25-6-4-7-27(36)18-25)32(24-11-13-26(35)14-12-24)38(33(34)41)30(23-9-10-23)21-37-45(42,43)16-15-22-5-3-8-28(17-22)44-2/h3-8,11-14,17-18,23,29-30,32,37H,9-10,15-16,19-21H2,1-2H3,(H,39,40)/t29-,30?,32-,34-/m1/s1. The topological polar surface area (TPSA) is 113 Å². The Hall–Kier alpha value is -3.11. The molecule has 240 valence electrons. The predicted molar refractivity (Wildman–Crippen MR) is 175 cm³/mol. The van der Waals surface area contributed by atoms with Gasteiger partial charge < -0.3 is 14.7 Å². The molecule has 1 saturated heterocycles. The number of ether oxygens (including phenoxy) is 1. The zero-order valence-electron chi connectivity index (χ0n) is 25.3. The highest BCUT2D eigenvalue weighted by Gasteiger charge is 2.54. The number of carboxylic acid groups (broad SMARTS) is 1. The van der Waals surface area contributed by atoms with Gasteiger partial charge in [-0.1, -0.05) is 66.5 Å². The molecule has 0 bridgehead atoms. The van der Waals surface area contributed by atoms with E-state index in [1.807, 2.05) is 48.5 Å². The Morgan fingerprint density at radius 3 is 2.40 bits per heavy atom. The lowest BCUT2D eigenvalue weighted by Crippen LogP contribution is -2.59. The third kappa shape index (κ3) is 8.01. The molecule has 3 aromatic carbocycles. The molecular formula is C34H38Cl2N2O6S. The molecule has 1 amide bonds. The minimum atomic E-state index is -3.72. The lowest BCUT2D eigenvalue weighted by Gasteiger charge is -2.52. The number of halogens is 2. The van der Waals surface area contributed by atoms with E-state index in [-0.39, 0.29) is 42.9 Å². The van der Waals surface area contributed by atoms with E-state index in [0.29, 0.717) is 22.2 Å². The molecule has 0 radical (unpaired) electrons. The summed E-state index contributed by atoms with van der Waals surface area (Å²) in [5.41, 5.74) is 1.33. The first-order valence-electron chi connectivity index (χ1n) is 15.0. The molecule has 1 aliphatic carbocycles. The van der Waals surface area contributed by atoms with Crippen LogP contribution in [0.2, 0.25) is 10.0 Å². The van der Waals surface area contributed by atoms with Crippen LogP contribution in [0.3, 0.4) is 0 Å². The number of hydrogen-bond acceptors (Lipinski definition) is 5. The van der Waals surface area contributed by atoms with Crippen LogP contribution in [0, 0.1) is 11.3 Å². The highest BCUT2D eigenvalue weighted by atomic mass is 35.5. The highest BCUT2D eigenvalue weighted by molar-refractivity contribution is 7.89. The summed E-state index contributed by atoms with van der Waals surface area (Å²) < 4.78 is 34.7. The quantitative estimate of drug-likeness (QED) is 0.215. The van der Waals surface area contributed by atoms with Gasteiger partial charge in [0.1, 0.15) is 5.75 Å². The van der Waals surface area contributed by atoms with Gasteiger partial charge in [0.15, 0.2) is 0 Å². The van der Waals surface area contributed by atoms with Crippen LogP contribution in [0.1, 0.15) is 61.3 Å². The first kappa shape index (κ1) is 33.3. The SMILES string of the molecule is COc1cccc(CCS(=O)(=O)NCC(C2CC2)N2C(=O)[C@@](C)(CC(=O)O)C[C@H](c3cccc(Cl)c3)[C@H]2c2ccc(Cl)cc2)c1. The number of carbonyl (C=O) groups excluding carboxylic acids is 1. The molecule has 2 N–H and O–H groups in total. The number of piperidine rings is 1. The average molecular weight is 674 g/mol. The second-order valence-electron chi connectivity index (χ2n) is 12.4. The van der Waals surface area contributed by atoms with Gasteiger partial charge in [0, 0.05) is 28.5 Å². The summed E-state index contributed by atoms with van der Waals surface area (Å²) in [6.07, 6.45) is 1.90. The maximum Gasteiger partial charge on any atom is 0.304 e. The highest BCUT2D eigenvalue weighted by Crippen LogP contribution is 2.54. The molecular weight excluding hydrogens is 635 g/mol. The second kappa shape index (κ2) is 13.7. The Balaban J connectivity index is 1.51. The van der Waals surface area contributed by atoms with Gasteiger partial charge in [-0.3, -0.25) is 9.59 Å². The Morgan fingerprint density at radius 2 is 1.76 bits per heavy atom. The number of carboxylic acids is 1. The summed E-state index contributed by atoms with van der Waals surface area (Å²) in [6.45, 7) is 1.72. The smallest absolute Gasteiger partial charge is 0.304 e. The second-order valence-corrected chi connectivity index (χ2v) is 15.2. The van der Waals surface area contributed by atoms with Crippen molar-refractivity contribution in [3.63, 3.8) is 0 Å². The van der Waals surface area contributed by atoms with E-state index >= 15 is 0 Å². The van der Waals surface area contributed by atoms with E-state index in [0.717, 1.165) is 29.5 Å². The monoisotopic (exact) mass is 672 g/mol. The molecule has 8 nitrogen and oxygen atoms in total. The number of benzene rings is 3. The fourth-order valence-corrected chi connectivity index (χ4v) is 7.98. The van der Waals surface area contributed by atoms with Crippen molar-refractivity contribution in [2.24, 2.45) is 11.3 Å². The number of likely N-dealkylation sites (tertiary alicyclic amines) is 1. The van der Waals surface area contributed by atoms with Gasteiger partial charge in [0.2, 0.25) is 15.9 Å². The molecule has 45 heavy (non-hydrogen) atoms. The van der Waals surface area contributed by atoms with Crippen molar-refractivity contribution in [1.29, 1.82) is 0 Å². The van der Waals surface area contributed by atoms with Crippen LogP contribution in [0.25, 0.3) is 0 Å². The van der Waals surface area contributed by atoms with Crippen molar-refractivity contribution in [1.82, 2.24) is 9.62 Å². The fourth-order valence-electron chi connectivity index (χ4n) is 6.58. The Morgan fingerprint density at radius 1 is 1.04 bits per heavy atom. The van der Waals surface area contributed by atoms with Crippen LogP contribution in [0.4, 0.5) is 0 Å². The van der Waals surface area contributed by atoms with Crippen molar-refractivity contribution in [2.45, 2.75) is 57.0 Å². The van der Waals surface area contributed by atoms with E-state index < -0.39 is 33.5 Å². The van der Waals surface area contributed by atoms with Gasteiger partial charge >= 0.3 is 5.97 Å². The summed E-state index contributed by atoms with van der Waals surface area (Å²) in [4.78, 5) is 28.5. The molecule has 2 aliphatic rings. The fraction of sp³-hybridized carbons (Fsp3) is 0.412. The van der Waals surface area contributed by atoms with Crippen LogP contribution in [-0.4, -0.2) is 55.7 Å². The molecule has 1 aliphatic heterocycles. The van der Waals surface area contributed by atoms with Crippen LogP contribution in [-0.2, 0) is 26.0 Å².